The van der Waals surface area contributed by atoms with Crippen molar-refractivity contribution in [3.8, 4) is 0 Å². The van der Waals surface area contributed by atoms with Gasteiger partial charge in [0, 0.05) is 6.20 Å². The maximum absolute atomic E-state index is 12.1. The van der Waals surface area contributed by atoms with Crippen molar-refractivity contribution in [2.45, 2.75) is 0 Å². The van der Waals surface area contributed by atoms with Crippen LogP contribution in [0.25, 0.3) is 0 Å². The van der Waals surface area contributed by atoms with Crippen LogP contribution in [0.1, 0.15) is 10.4 Å². The number of aromatic nitrogens is 1. The van der Waals surface area contributed by atoms with E-state index in [0.29, 0.717) is 0 Å². The van der Waals surface area contributed by atoms with E-state index in [4.69, 9.17) is 11.6 Å². The summed E-state index contributed by atoms with van der Waals surface area (Å²) in [6.45, 7) is 0. The van der Waals surface area contributed by atoms with Crippen molar-refractivity contribution in [2.24, 2.45) is 0 Å². The van der Waals surface area contributed by atoms with Gasteiger partial charge in [-0.3, -0.25) is 4.79 Å². The molecule has 0 aromatic carbocycles. The highest BCUT2D eigenvalue weighted by Crippen LogP contribution is 2.24. The summed E-state index contributed by atoms with van der Waals surface area (Å²) in [4.78, 5) is 13.9. The van der Waals surface area contributed by atoms with Crippen LogP contribution in [0.4, 0.5) is 4.39 Å². The molecule has 0 radical (unpaired) electrons. The number of hydrogen-bond acceptors (Lipinski definition) is 2. The Morgan fingerprint density at radius 2 is 2.36 bits per heavy atom. The molecule has 0 fully saturated rings. The molecule has 5 heteroatoms. The maximum Gasteiger partial charge on any atom is 0.333 e. The summed E-state index contributed by atoms with van der Waals surface area (Å²) in [6, 6.07) is -0.278. The second kappa shape index (κ2) is 3.28. The molecule has 0 aliphatic heterocycles. The molecule has 0 aliphatic rings. The van der Waals surface area contributed by atoms with Crippen molar-refractivity contribution in [3.63, 3.8) is 0 Å². The maximum atomic E-state index is 12.1. The summed E-state index contributed by atoms with van der Waals surface area (Å²) in [5.74, 6) is 0. The lowest BCUT2D eigenvalue weighted by molar-refractivity contribution is 0.0835. The van der Waals surface area contributed by atoms with Gasteiger partial charge in [-0.25, -0.2) is 4.98 Å². The van der Waals surface area contributed by atoms with Crippen LogP contribution >= 0.6 is 27.5 Å². The van der Waals surface area contributed by atoms with Gasteiger partial charge in [0.15, 0.2) is 0 Å². The van der Waals surface area contributed by atoms with Gasteiger partial charge in [0.05, 0.1) is 10.0 Å². The summed E-state index contributed by atoms with van der Waals surface area (Å²) in [6.07, 6.45) is 1.26. The van der Waals surface area contributed by atoms with Crippen LogP contribution in [0, 0.1) is 0 Å². The van der Waals surface area contributed by atoms with Crippen molar-refractivity contribution < 1.29 is 9.18 Å². The zero-order valence-corrected chi connectivity index (χ0v) is 7.49. The van der Waals surface area contributed by atoms with E-state index in [2.05, 4.69) is 20.9 Å². The lowest BCUT2D eigenvalue weighted by Crippen LogP contribution is -1.92. The van der Waals surface area contributed by atoms with Crippen LogP contribution in [-0.2, 0) is 0 Å². The first-order chi connectivity index (χ1) is 5.13. The smallest absolute Gasteiger partial charge is 0.255 e. The average molecular weight is 238 g/mol. The highest BCUT2D eigenvalue weighted by atomic mass is 79.9. The SMILES string of the molecule is O=C(F)c1ccnc(Cl)c1Br. The van der Waals surface area contributed by atoms with Gasteiger partial charge in [-0.1, -0.05) is 11.6 Å². The summed E-state index contributed by atoms with van der Waals surface area (Å²) in [7, 11) is 0. The van der Waals surface area contributed by atoms with E-state index in [1.807, 2.05) is 0 Å². The van der Waals surface area contributed by atoms with Crippen LogP contribution in [0.15, 0.2) is 16.7 Å². The second-order valence-corrected chi connectivity index (χ2v) is 2.89. The first kappa shape index (κ1) is 8.62. The summed E-state index contributed by atoms with van der Waals surface area (Å²) in [5.41, 5.74) is -0.106. The van der Waals surface area contributed by atoms with Crippen LogP contribution in [0.3, 0.4) is 0 Å². The molecule has 1 aromatic rings. The zero-order chi connectivity index (χ0) is 8.43. The largest absolute Gasteiger partial charge is 0.333 e. The van der Waals surface area contributed by atoms with E-state index in [1.165, 1.54) is 12.3 Å². The predicted molar refractivity (Wildman–Crippen MR) is 42.4 cm³/mol. The molecule has 0 unspecified atom stereocenters. The number of carbonyl (C=O) groups is 1. The van der Waals surface area contributed by atoms with Crippen molar-refractivity contribution in [1.82, 2.24) is 4.98 Å². The predicted octanol–water partition coefficient (Wildman–Crippen LogP) is 2.61. The molecule has 58 valence electrons. The molecule has 0 bridgehead atoms. The van der Waals surface area contributed by atoms with Crippen molar-refractivity contribution in [2.75, 3.05) is 0 Å². The molecule has 2 nitrogen and oxygen atoms in total. The fourth-order valence-electron chi connectivity index (χ4n) is 0.570. The monoisotopic (exact) mass is 237 g/mol. The van der Waals surface area contributed by atoms with Gasteiger partial charge < -0.3 is 0 Å². The van der Waals surface area contributed by atoms with Crippen LogP contribution < -0.4 is 0 Å². The number of carbonyl (C=O) groups excluding carboxylic acids is 1. The number of hydrogen-bond donors (Lipinski definition) is 0. The lowest BCUT2D eigenvalue weighted by Gasteiger charge is -1.96. The fraction of sp³-hybridized carbons (Fsp3) is 0. The zero-order valence-electron chi connectivity index (χ0n) is 5.14. The molecular formula is C6H2BrClFNO. The van der Waals surface area contributed by atoms with Crippen molar-refractivity contribution >= 4 is 33.6 Å². The van der Waals surface area contributed by atoms with Crippen LogP contribution in [0.2, 0.25) is 5.15 Å². The Bertz CT molecular complexity index is 305. The van der Waals surface area contributed by atoms with E-state index in [0.717, 1.165) is 0 Å². The first-order valence-corrected chi connectivity index (χ1v) is 3.80. The molecule has 0 spiro atoms. The Balaban J connectivity index is 3.27. The summed E-state index contributed by atoms with van der Waals surface area (Å²) >= 11 is 8.41. The molecule has 0 amide bonds. The summed E-state index contributed by atoms with van der Waals surface area (Å²) in [5, 5.41) is 0.0773. The van der Waals surface area contributed by atoms with Crippen LogP contribution in [0.5, 0.6) is 0 Å². The Kier molecular flexibility index (Phi) is 2.57. The van der Waals surface area contributed by atoms with E-state index < -0.39 is 6.04 Å². The number of nitrogens with zero attached hydrogens (tertiary/aromatic N) is 1. The molecule has 0 aliphatic carbocycles. The average Bonchev–Trinajstić information content (AvgIpc) is 1.94. The lowest BCUT2D eigenvalue weighted by atomic mass is 10.3. The Hall–Kier alpha value is -0.480. The van der Waals surface area contributed by atoms with Gasteiger partial charge >= 0.3 is 6.04 Å². The molecule has 11 heavy (non-hydrogen) atoms. The van der Waals surface area contributed by atoms with E-state index >= 15 is 0 Å². The van der Waals surface area contributed by atoms with E-state index in [-0.39, 0.29) is 15.2 Å². The third-order valence-electron chi connectivity index (χ3n) is 1.06. The molecule has 0 atom stereocenters. The minimum atomic E-state index is -1.53. The van der Waals surface area contributed by atoms with Gasteiger partial charge in [0.2, 0.25) is 0 Å². The van der Waals surface area contributed by atoms with Gasteiger partial charge in [0.1, 0.15) is 5.15 Å². The number of halogens is 3. The number of rotatable bonds is 1. The molecular weight excluding hydrogens is 236 g/mol. The topological polar surface area (TPSA) is 30.0 Å². The molecule has 1 rings (SSSR count). The summed E-state index contributed by atoms with van der Waals surface area (Å²) < 4.78 is 12.3. The molecule has 0 saturated carbocycles. The quantitative estimate of drug-likeness (QED) is 0.556. The minimum Gasteiger partial charge on any atom is -0.255 e. The van der Waals surface area contributed by atoms with Gasteiger partial charge in [-0.2, -0.15) is 4.39 Å². The Morgan fingerprint density at radius 3 is 2.82 bits per heavy atom. The van der Waals surface area contributed by atoms with Gasteiger partial charge in [-0.05, 0) is 22.0 Å². The Labute approximate surface area is 75.5 Å². The van der Waals surface area contributed by atoms with Crippen LogP contribution in [-0.4, -0.2) is 11.0 Å². The number of pyridine rings is 1. The molecule has 0 N–H and O–H groups in total. The third-order valence-corrected chi connectivity index (χ3v) is 2.38. The van der Waals surface area contributed by atoms with Crippen molar-refractivity contribution in [3.05, 3.63) is 27.5 Å². The Morgan fingerprint density at radius 1 is 1.73 bits per heavy atom. The standard InChI is InChI=1S/C6H2BrClFNO/c7-4-3(6(9)11)1-2-10-5(4)8/h1-2H. The first-order valence-electron chi connectivity index (χ1n) is 2.62. The third kappa shape index (κ3) is 1.75. The molecule has 1 aromatic heterocycles. The van der Waals surface area contributed by atoms with Gasteiger partial charge in [0.25, 0.3) is 0 Å². The van der Waals surface area contributed by atoms with Crippen molar-refractivity contribution in [1.29, 1.82) is 0 Å². The second-order valence-electron chi connectivity index (χ2n) is 1.74. The fourth-order valence-corrected chi connectivity index (χ4v) is 1.12. The van der Waals surface area contributed by atoms with E-state index in [9.17, 15) is 9.18 Å². The normalized spacial score (nSPS) is 9.73. The minimum absolute atomic E-state index is 0.0773. The highest BCUT2D eigenvalue weighted by molar-refractivity contribution is 9.10. The van der Waals surface area contributed by atoms with E-state index in [1.54, 1.807) is 0 Å². The molecule has 1 heterocycles. The van der Waals surface area contributed by atoms with Gasteiger partial charge in [-0.15, -0.1) is 0 Å². The highest BCUT2D eigenvalue weighted by Gasteiger charge is 2.11. The molecule has 0 saturated heterocycles.